The Morgan fingerprint density at radius 1 is 1.35 bits per heavy atom. The molecule has 0 spiro atoms. The van der Waals surface area contributed by atoms with Crippen LogP contribution in [-0.2, 0) is 0 Å². The summed E-state index contributed by atoms with van der Waals surface area (Å²) in [4.78, 5) is 4.42. The first kappa shape index (κ1) is 10.3. The van der Waals surface area contributed by atoms with Crippen LogP contribution in [0.5, 0.6) is 0 Å². The van der Waals surface area contributed by atoms with Crippen molar-refractivity contribution in [2.24, 2.45) is 0 Å². The predicted molar refractivity (Wildman–Crippen MR) is 64.6 cm³/mol. The number of fused-ring (bicyclic) bond motifs is 1. The van der Waals surface area contributed by atoms with E-state index in [1.54, 1.807) is 0 Å². The molecule has 0 amide bonds. The van der Waals surface area contributed by atoms with Crippen molar-refractivity contribution in [3.8, 4) is 0 Å². The smallest absolute Gasteiger partial charge is 0.203 e. The number of hydrogen-bond acceptors (Lipinski definition) is 2. The molecule has 88 valence electrons. The first-order valence-electron chi connectivity index (χ1n) is 5.79. The van der Waals surface area contributed by atoms with Crippen molar-refractivity contribution < 1.29 is 4.39 Å². The lowest BCUT2D eigenvalue weighted by atomic mass is 10.0. The summed E-state index contributed by atoms with van der Waals surface area (Å²) in [6.45, 7) is 2.88. The number of hydrogen-bond donors (Lipinski definition) is 1. The maximum Gasteiger partial charge on any atom is 0.203 e. The van der Waals surface area contributed by atoms with Crippen molar-refractivity contribution in [1.29, 1.82) is 0 Å². The van der Waals surface area contributed by atoms with Gasteiger partial charge >= 0.3 is 0 Å². The molecule has 1 aliphatic rings. The molecule has 4 heteroatoms. The summed E-state index contributed by atoms with van der Waals surface area (Å²) in [6, 6.07) is 6.99. The summed E-state index contributed by atoms with van der Waals surface area (Å²) in [6.07, 6.45) is 3.03. The highest BCUT2D eigenvalue weighted by Gasteiger charge is 2.21. The van der Waals surface area contributed by atoms with Gasteiger partial charge in [0.25, 0.3) is 0 Å². The molecule has 1 unspecified atom stereocenters. The van der Waals surface area contributed by atoms with Crippen LogP contribution in [-0.4, -0.2) is 16.1 Å². The molecule has 3 rings (SSSR count). The number of aryl methyl sites for hydroxylation is 1. The molecule has 0 fully saturated rings. The van der Waals surface area contributed by atoms with E-state index in [4.69, 9.17) is 0 Å². The van der Waals surface area contributed by atoms with Crippen LogP contribution < -0.4 is 5.32 Å². The van der Waals surface area contributed by atoms with Crippen LogP contribution in [0.1, 0.15) is 23.7 Å². The molecule has 0 radical (unpaired) electrons. The SMILES string of the molecule is Cc1cn2c(n1)NCCC2c1ccc(F)cc1. The van der Waals surface area contributed by atoms with Gasteiger partial charge < -0.3 is 9.88 Å². The predicted octanol–water partition coefficient (Wildman–Crippen LogP) is 2.74. The summed E-state index contributed by atoms with van der Waals surface area (Å²) in [5.41, 5.74) is 2.13. The van der Waals surface area contributed by atoms with Gasteiger partial charge in [0.1, 0.15) is 5.82 Å². The minimum absolute atomic E-state index is 0.190. The Balaban J connectivity index is 2.02. The van der Waals surface area contributed by atoms with Crippen LogP contribution in [0, 0.1) is 12.7 Å². The first-order valence-corrected chi connectivity index (χ1v) is 5.79. The molecule has 3 nitrogen and oxygen atoms in total. The number of aromatic nitrogens is 2. The largest absolute Gasteiger partial charge is 0.356 e. The minimum Gasteiger partial charge on any atom is -0.356 e. The second-order valence-corrected chi connectivity index (χ2v) is 4.40. The lowest BCUT2D eigenvalue weighted by Crippen LogP contribution is -2.23. The summed E-state index contributed by atoms with van der Waals surface area (Å²) < 4.78 is 15.1. The Morgan fingerprint density at radius 2 is 2.12 bits per heavy atom. The van der Waals surface area contributed by atoms with Crippen LogP contribution in [0.25, 0.3) is 0 Å². The van der Waals surface area contributed by atoms with Crippen molar-refractivity contribution in [1.82, 2.24) is 9.55 Å². The monoisotopic (exact) mass is 231 g/mol. The highest BCUT2D eigenvalue weighted by atomic mass is 19.1. The molecule has 0 saturated carbocycles. The molecule has 1 aromatic heterocycles. The van der Waals surface area contributed by atoms with E-state index >= 15 is 0 Å². The molecule has 1 atom stereocenters. The molecule has 0 aliphatic carbocycles. The van der Waals surface area contributed by atoms with Gasteiger partial charge in [-0.15, -0.1) is 0 Å². The molecule has 0 bridgehead atoms. The average Bonchev–Trinajstić information content (AvgIpc) is 2.70. The van der Waals surface area contributed by atoms with Crippen molar-refractivity contribution in [3.05, 3.63) is 47.5 Å². The van der Waals surface area contributed by atoms with E-state index in [9.17, 15) is 4.39 Å². The quantitative estimate of drug-likeness (QED) is 0.817. The molecule has 1 N–H and O–H groups in total. The highest BCUT2D eigenvalue weighted by molar-refractivity contribution is 5.35. The highest BCUT2D eigenvalue weighted by Crippen LogP contribution is 2.29. The van der Waals surface area contributed by atoms with Gasteiger partial charge in [-0.3, -0.25) is 0 Å². The van der Waals surface area contributed by atoms with Gasteiger partial charge in [0.2, 0.25) is 5.95 Å². The first-order chi connectivity index (χ1) is 8.24. The Labute approximate surface area is 99.3 Å². The Bertz CT molecular complexity index is 530. The number of imidazole rings is 1. The third-order valence-electron chi connectivity index (χ3n) is 3.14. The number of anilines is 1. The Kier molecular flexibility index (Phi) is 2.35. The van der Waals surface area contributed by atoms with E-state index in [0.717, 1.165) is 30.2 Å². The van der Waals surface area contributed by atoms with Gasteiger partial charge in [-0.1, -0.05) is 12.1 Å². The maximum atomic E-state index is 12.9. The zero-order chi connectivity index (χ0) is 11.8. The van der Waals surface area contributed by atoms with E-state index in [2.05, 4.69) is 14.9 Å². The van der Waals surface area contributed by atoms with Gasteiger partial charge in [-0.2, -0.15) is 0 Å². The summed E-state index contributed by atoms with van der Waals surface area (Å²) in [5, 5.41) is 3.27. The van der Waals surface area contributed by atoms with Crippen LogP contribution in [0.15, 0.2) is 30.5 Å². The second kappa shape index (κ2) is 3.87. The lowest BCUT2D eigenvalue weighted by molar-refractivity contribution is 0.528. The third kappa shape index (κ3) is 1.79. The van der Waals surface area contributed by atoms with Gasteiger partial charge in [-0.25, -0.2) is 9.37 Å². The Morgan fingerprint density at radius 3 is 2.88 bits per heavy atom. The summed E-state index contributed by atoms with van der Waals surface area (Å²) in [7, 11) is 0. The maximum absolute atomic E-state index is 12.9. The number of nitrogens with zero attached hydrogens (tertiary/aromatic N) is 2. The van der Waals surface area contributed by atoms with Crippen LogP contribution in [0.4, 0.5) is 10.3 Å². The van der Waals surface area contributed by atoms with Gasteiger partial charge in [0, 0.05) is 12.7 Å². The van der Waals surface area contributed by atoms with E-state index in [-0.39, 0.29) is 11.9 Å². The third-order valence-corrected chi connectivity index (χ3v) is 3.14. The summed E-state index contributed by atoms with van der Waals surface area (Å²) in [5.74, 6) is 0.716. The summed E-state index contributed by atoms with van der Waals surface area (Å²) >= 11 is 0. The second-order valence-electron chi connectivity index (χ2n) is 4.40. The normalized spacial score (nSPS) is 18.6. The van der Waals surface area contributed by atoms with Crippen molar-refractivity contribution >= 4 is 5.95 Å². The van der Waals surface area contributed by atoms with Gasteiger partial charge in [0.15, 0.2) is 0 Å². The molecule has 2 heterocycles. The van der Waals surface area contributed by atoms with Crippen LogP contribution >= 0.6 is 0 Å². The fraction of sp³-hybridized carbons (Fsp3) is 0.308. The van der Waals surface area contributed by atoms with Gasteiger partial charge in [0.05, 0.1) is 11.7 Å². The van der Waals surface area contributed by atoms with Crippen molar-refractivity contribution in [2.75, 3.05) is 11.9 Å². The molecule has 0 saturated heterocycles. The minimum atomic E-state index is -0.190. The van der Waals surface area contributed by atoms with Crippen LogP contribution in [0.2, 0.25) is 0 Å². The lowest BCUT2D eigenvalue weighted by Gasteiger charge is -2.26. The number of rotatable bonds is 1. The van der Waals surface area contributed by atoms with E-state index < -0.39 is 0 Å². The fourth-order valence-corrected chi connectivity index (χ4v) is 2.36. The average molecular weight is 231 g/mol. The zero-order valence-corrected chi connectivity index (χ0v) is 9.65. The molecular formula is C13H14FN3. The van der Waals surface area contributed by atoms with Crippen LogP contribution in [0.3, 0.4) is 0 Å². The van der Waals surface area contributed by atoms with Crippen molar-refractivity contribution in [3.63, 3.8) is 0 Å². The van der Waals surface area contributed by atoms with E-state index in [1.165, 1.54) is 12.1 Å². The zero-order valence-electron chi connectivity index (χ0n) is 9.65. The topological polar surface area (TPSA) is 29.9 Å². The Hall–Kier alpha value is -1.84. The van der Waals surface area contributed by atoms with E-state index in [1.807, 2.05) is 25.3 Å². The molecule has 2 aromatic rings. The molecule has 1 aromatic carbocycles. The number of halogens is 1. The van der Waals surface area contributed by atoms with Crippen molar-refractivity contribution in [2.45, 2.75) is 19.4 Å². The molecule has 17 heavy (non-hydrogen) atoms. The van der Waals surface area contributed by atoms with E-state index in [0.29, 0.717) is 0 Å². The number of nitrogens with one attached hydrogen (secondary N) is 1. The molecular weight excluding hydrogens is 217 g/mol. The standard InChI is InChI=1S/C13H14FN3/c1-9-8-17-12(6-7-15-13(17)16-9)10-2-4-11(14)5-3-10/h2-5,8,12H,6-7H2,1H3,(H,15,16). The van der Waals surface area contributed by atoms with Gasteiger partial charge in [-0.05, 0) is 31.0 Å². The fourth-order valence-electron chi connectivity index (χ4n) is 2.36. The number of benzene rings is 1. The molecule has 1 aliphatic heterocycles.